The number of nitrogens with zero attached hydrogens (tertiary/aromatic N) is 2. The van der Waals surface area contributed by atoms with Crippen molar-refractivity contribution in [1.29, 1.82) is 0 Å². The third kappa shape index (κ3) is 1.06. The highest BCUT2D eigenvalue weighted by molar-refractivity contribution is 6.06. The van der Waals surface area contributed by atoms with Crippen LogP contribution in [-0.2, 0) is 0 Å². The van der Waals surface area contributed by atoms with Crippen LogP contribution in [-0.4, -0.2) is 14.4 Å². The largest absolute Gasteiger partial charge is 0.339 e. The molecule has 0 saturated heterocycles. The number of aromatic nitrogens is 3. The molecule has 0 amide bonds. The van der Waals surface area contributed by atoms with Gasteiger partial charge in [-0.2, -0.15) is 0 Å². The average Bonchev–Trinajstić information content (AvgIpc) is 2.88. The predicted octanol–water partition coefficient (Wildman–Crippen LogP) is 3.59. The van der Waals surface area contributed by atoms with Gasteiger partial charge in [-0.1, -0.05) is 24.3 Å². The number of benzene rings is 1. The van der Waals surface area contributed by atoms with Crippen LogP contribution in [0, 0.1) is 13.8 Å². The van der Waals surface area contributed by atoms with Crippen molar-refractivity contribution in [1.82, 2.24) is 14.4 Å². The van der Waals surface area contributed by atoms with E-state index in [2.05, 4.69) is 59.8 Å². The van der Waals surface area contributed by atoms with E-state index in [0.29, 0.717) is 0 Å². The summed E-state index contributed by atoms with van der Waals surface area (Å²) in [6.07, 6.45) is 2.06. The van der Waals surface area contributed by atoms with Gasteiger partial charge in [0.25, 0.3) is 0 Å². The summed E-state index contributed by atoms with van der Waals surface area (Å²) in [5.74, 6) is 0. The molecule has 0 spiro atoms. The summed E-state index contributed by atoms with van der Waals surface area (Å²) in [6, 6.07) is 10.5. The molecule has 0 fully saturated rings. The van der Waals surface area contributed by atoms with E-state index in [1.807, 2.05) is 0 Å². The average molecular weight is 235 g/mol. The predicted molar refractivity (Wildman–Crippen MR) is 74.0 cm³/mol. The maximum Gasteiger partial charge on any atom is 0.143 e. The highest BCUT2D eigenvalue weighted by atomic mass is 15.1. The molecule has 1 aromatic carbocycles. The molecular weight excluding hydrogens is 222 g/mol. The Morgan fingerprint density at radius 2 is 1.89 bits per heavy atom. The summed E-state index contributed by atoms with van der Waals surface area (Å²) >= 11 is 0. The summed E-state index contributed by atoms with van der Waals surface area (Å²) in [6.45, 7) is 4.21. The topological polar surface area (TPSA) is 33.1 Å². The van der Waals surface area contributed by atoms with Crippen molar-refractivity contribution in [3.8, 4) is 0 Å². The number of H-pyrrole nitrogens is 1. The maximum absolute atomic E-state index is 4.78. The lowest BCUT2D eigenvalue weighted by molar-refractivity contribution is 1.17. The molecule has 18 heavy (non-hydrogen) atoms. The van der Waals surface area contributed by atoms with Crippen molar-refractivity contribution in [3.05, 3.63) is 47.7 Å². The number of aromatic amines is 1. The summed E-state index contributed by atoms with van der Waals surface area (Å²) in [7, 11) is 0. The van der Waals surface area contributed by atoms with Gasteiger partial charge >= 0.3 is 0 Å². The SMILES string of the molecule is Cc1cccc2c1[nH]c1c2nc2c(C)cccn21. The van der Waals surface area contributed by atoms with Crippen molar-refractivity contribution >= 4 is 27.7 Å². The molecule has 4 aromatic rings. The lowest BCUT2D eigenvalue weighted by atomic mass is 10.1. The number of hydrogen-bond donors (Lipinski definition) is 1. The van der Waals surface area contributed by atoms with E-state index in [1.54, 1.807) is 0 Å². The molecule has 1 N–H and O–H groups in total. The molecule has 3 nitrogen and oxygen atoms in total. The number of pyridine rings is 1. The van der Waals surface area contributed by atoms with Crippen LogP contribution >= 0.6 is 0 Å². The molecule has 0 bridgehead atoms. The monoisotopic (exact) mass is 235 g/mol. The Kier molecular flexibility index (Phi) is 1.69. The molecule has 0 unspecified atom stereocenters. The number of para-hydroxylation sites is 1. The fourth-order valence-corrected chi connectivity index (χ4v) is 2.66. The van der Waals surface area contributed by atoms with Crippen LogP contribution in [0.15, 0.2) is 36.5 Å². The number of rotatable bonds is 0. The van der Waals surface area contributed by atoms with E-state index < -0.39 is 0 Å². The second-order valence-corrected chi connectivity index (χ2v) is 4.82. The van der Waals surface area contributed by atoms with Gasteiger partial charge in [-0.15, -0.1) is 0 Å². The zero-order valence-electron chi connectivity index (χ0n) is 10.4. The number of hydrogen-bond acceptors (Lipinski definition) is 1. The first-order valence-corrected chi connectivity index (χ1v) is 6.10. The minimum absolute atomic E-state index is 1.03. The van der Waals surface area contributed by atoms with Crippen LogP contribution in [0.1, 0.15) is 11.1 Å². The van der Waals surface area contributed by atoms with Crippen molar-refractivity contribution in [2.75, 3.05) is 0 Å². The van der Waals surface area contributed by atoms with Crippen LogP contribution in [0.3, 0.4) is 0 Å². The number of fused-ring (bicyclic) bond motifs is 5. The van der Waals surface area contributed by atoms with E-state index in [-0.39, 0.29) is 0 Å². The van der Waals surface area contributed by atoms with Gasteiger partial charge in [0.05, 0.1) is 5.52 Å². The smallest absolute Gasteiger partial charge is 0.143 e. The fraction of sp³-hybridized carbons (Fsp3) is 0.133. The van der Waals surface area contributed by atoms with Gasteiger partial charge in [-0.05, 0) is 31.0 Å². The van der Waals surface area contributed by atoms with Gasteiger partial charge in [0, 0.05) is 11.6 Å². The molecule has 0 aliphatic carbocycles. The molecule has 0 radical (unpaired) electrons. The van der Waals surface area contributed by atoms with Gasteiger partial charge in [0.15, 0.2) is 0 Å². The quantitative estimate of drug-likeness (QED) is 0.496. The Balaban J connectivity index is 2.32. The van der Waals surface area contributed by atoms with Crippen molar-refractivity contribution in [3.63, 3.8) is 0 Å². The molecule has 0 aliphatic heterocycles. The second-order valence-electron chi connectivity index (χ2n) is 4.82. The first-order chi connectivity index (χ1) is 8.75. The standard InChI is InChI=1S/C15H13N3/c1-9-5-3-7-11-12(9)16-15-13(11)17-14-10(2)6-4-8-18(14)15/h3-8,16H,1-2H3. The molecule has 4 rings (SSSR count). The zero-order valence-corrected chi connectivity index (χ0v) is 10.4. The molecule has 0 saturated carbocycles. The third-order valence-corrected chi connectivity index (χ3v) is 3.62. The highest BCUT2D eigenvalue weighted by Gasteiger charge is 2.12. The van der Waals surface area contributed by atoms with Gasteiger partial charge in [-0.3, -0.25) is 4.40 Å². The van der Waals surface area contributed by atoms with Crippen LogP contribution < -0.4 is 0 Å². The molecule has 3 heterocycles. The van der Waals surface area contributed by atoms with E-state index in [4.69, 9.17) is 4.98 Å². The lowest BCUT2D eigenvalue weighted by Crippen LogP contribution is -1.87. The Hall–Kier alpha value is -2.29. The van der Waals surface area contributed by atoms with Gasteiger partial charge < -0.3 is 4.98 Å². The molecule has 0 aliphatic rings. The van der Waals surface area contributed by atoms with Crippen LogP contribution in [0.4, 0.5) is 0 Å². The van der Waals surface area contributed by atoms with Crippen LogP contribution in [0.5, 0.6) is 0 Å². The summed E-state index contributed by atoms with van der Waals surface area (Å²) in [4.78, 5) is 8.27. The first-order valence-electron chi connectivity index (χ1n) is 6.10. The summed E-state index contributed by atoms with van der Waals surface area (Å²) < 4.78 is 2.13. The Labute approximate surface area is 104 Å². The second kappa shape index (κ2) is 3.13. The third-order valence-electron chi connectivity index (χ3n) is 3.62. The maximum atomic E-state index is 4.78. The van der Waals surface area contributed by atoms with Crippen LogP contribution in [0.25, 0.3) is 27.7 Å². The van der Waals surface area contributed by atoms with Gasteiger partial charge in [0.2, 0.25) is 0 Å². The van der Waals surface area contributed by atoms with E-state index in [1.165, 1.54) is 22.0 Å². The van der Waals surface area contributed by atoms with Crippen molar-refractivity contribution < 1.29 is 0 Å². The lowest BCUT2D eigenvalue weighted by Gasteiger charge is -1.98. The first kappa shape index (κ1) is 9.71. The minimum atomic E-state index is 1.03. The van der Waals surface area contributed by atoms with Crippen molar-refractivity contribution in [2.45, 2.75) is 13.8 Å². The molecule has 3 aromatic heterocycles. The van der Waals surface area contributed by atoms with Crippen LogP contribution in [0.2, 0.25) is 0 Å². The summed E-state index contributed by atoms with van der Waals surface area (Å²) in [5, 5.41) is 1.20. The van der Waals surface area contributed by atoms with E-state index in [9.17, 15) is 0 Å². The number of nitrogens with one attached hydrogen (secondary N) is 1. The van der Waals surface area contributed by atoms with E-state index >= 15 is 0 Å². The fourth-order valence-electron chi connectivity index (χ4n) is 2.66. The van der Waals surface area contributed by atoms with Crippen molar-refractivity contribution in [2.24, 2.45) is 0 Å². The van der Waals surface area contributed by atoms with E-state index in [0.717, 1.165) is 16.8 Å². The molecule has 88 valence electrons. The normalized spacial score (nSPS) is 11.9. The Morgan fingerprint density at radius 3 is 2.78 bits per heavy atom. The summed E-state index contributed by atoms with van der Waals surface area (Å²) in [5.41, 5.74) is 6.81. The number of aryl methyl sites for hydroxylation is 2. The minimum Gasteiger partial charge on any atom is -0.339 e. The highest BCUT2D eigenvalue weighted by Crippen LogP contribution is 2.28. The van der Waals surface area contributed by atoms with Gasteiger partial charge in [-0.25, -0.2) is 4.98 Å². The number of imidazole rings is 1. The molecule has 0 atom stereocenters. The zero-order chi connectivity index (χ0) is 12.3. The molecule has 3 heteroatoms. The Morgan fingerprint density at radius 1 is 1.06 bits per heavy atom. The van der Waals surface area contributed by atoms with Gasteiger partial charge in [0.1, 0.15) is 16.8 Å². The Bertz CT molecular complexity index is 820. The molecular formula is C15H13N3.